The Hall–Kier alpha value is -1.93. The minimum Gasteiger partial charge on any atom is -0.394 e. The molecular formula is C35H54O6Si3. The van der Waals surface area contributed by atoms with Crippen molar-refractivity contribution in [3.63, 3.8) is 0 Å². The third-order valence-electron chi connectivity index (χ3n) is 9.69. The first kappa shape index (κ1) is 36.5. The molecule has 0 aliphatic rings. The summed E-state index contributed by atoms with van der Waals surface area (Å²) >= 11 is 0. The van der Waals surface area contributed by atoms with Crippen molar-refractivity contribution in [1.82, 2.24) is 0 Å². The van der Waals surface area contributed by atoms with Crippen molar-refractivity contribution < 1.29 is 26.6 Å². The van der Waals surface area contributed by atoms with Crippen molar-refractivity contribution in [2.24, 2.45) is 5.41 Å². The van der Waals surface area contributed by atoms with Crippen molar-refractivity contribution in [3.8, 4) is 0 Å². The Morgan fingerprint density at radius 2 is 0.636 bits per heavy atom. The monoisotopic (exact) mass is 654 g/mol. The van der Waals surface area contributed by atoms with Gasteiger partial charge in [0, 0.05) is 59.3 Å². The van der Waals surface area contributed by atoms with E-state index in [4.69, 9.17) is 26.6 Å². The van der Waals surface area contributed by atoms with Gasteiger partial charge in [0.15, 0.2) is 0 Å². The van der Waals surface area contributed by atoms with Gasteiger partial charge in [-0.05, 0) is 40.2 Å². The molecule has 0 saturated carbocycles. The zero-order chi connectivity index (χ0) is 32.4. The van der Waals surface area contributed by atoms with E-state index in [1.165, 1.54) is 0 Å². The first-order chi connectivity index (χ1) is 21.1. The molecule has 0 aromatic heterocycles. The van der Waals surface area contributed by atoms with Gasteiger partial charge in [0.1, 0.15) is 0 Å². The summed E-state index contributed by atoms with van der Waals surface area (Å²) in [7, 11) is 2.43. The summed E-state index contributed by atoms with van der Waals surface area (Å²) in [6.07, 6.45) is 2.68. The van der Waals surface area contributed by atoms with Gasteiger partial charge in [0.25, 0.3) is 0 Å². The zero-order valence-electron chi connectivity index (χ0n) is 28.5. The SMILES string of the molecule is CO[Si](OC)(c1ccccc1)C(C)CC(C)(CC(C)[Si](OC)(OC)c1ccccc1)CC(C)[Si](OC)(OC)c1ccccc1. The Morgan fingerprint density at radius 1 is 0.432 bits per heavy atom. The van der Waals surface area contributed by atoms with E-state index in [1.54, 1.807) is 42.7 Å². The second kappa shape index (κ2) is 16.1. The molecule has 3 aromatic rings. The number of hydrogen-bond donors (Lipinski definition) is 0. The van der Waals surface area contributed by atoms with E-state index < -0.39 is 25.7 Å². The van der Waals surface area contributed by atoms with E-state index in [2.05, 4.69) is 100 Å². The molecule has 3 aromatic carbocycles. The lowest BCUT2D eigenvalue weighted by Gasteiger charge is -2.45. The van der Waals surface area contributed by atoms with Gasteiger partial charge >= 0.3 is 25.7 Å². The first-order valence-electron chi connectivity index (χ1n) is 15.5. The van der Waals surface area contributed by atoms with Crippen LogP contribution in [0.3, 0.4) is 0 Å². The highest BCUT2D eigenvalue weighted by molar-refractivity contribution is 6.83. The average Bonchev–Trinajstić information content (AvgIpc) is 3.05. The molecule has 0 saturated heterocycles. The molecule has 0 amide bonds. The van der Waals surface area contributed by atoms with Crippen LogP contribution in [0.15, 0.2) is 91.0 Å². The molecule has 6 nitrogen and oxygen atoms in total. The van der Waals surface area contributed by atoms with Gasteiger partial charge < -0.3 is 26.6 Å². The van der Waals surface area contributed by atoms with E-state index in [9.17, 15) is 0 Å². The van der Waals surface area contributed by atoms with Gasteiger partial charge in [0.2, 0.25) is 0 Å². The molecule has 3 unspecified atom stereocenters. The fraction of sp³-hybridized carbons (Fsp3) is 0.486. The van der Waals surface area contributed by atoms with Crippen LogP contribution in [0.25, 0.3) is 0 Å². The molecule has 44 heavy (non-hydrogen) atoms. The fourth-order valence-electron chi connectivity index (χ4n) is 7.90. The van der Waals surface area contributed by atoms with Gasteiger partial charge in [-0.25, -0.2) is 0 Å². The van der Waals surface area contributed by atoms with Crippen LogP contribution in [0, 0.1) is 5.41 Å². The summed E-state index contributed by atoms with van der Waals surface area (Å²) in [5.41, 5.74) is 0.302. The fourth-order valence-corrected chi connectivity index (χ4v) is 18.2. The Balaban J connectivity index is 2.10. The molecule has 0 spiro atoms. The third kappa shape index (κ3) is 7.38. The zero-order valence-corrected chi connectivity index (χ0v) is 31.5. The maximum atomic E-state index is 6.38. The topological polar surface area (TPSA) is 55.4 Å². The molecule has 3 rings (SSSR count). The third-order valence-corrected chi connectivity index (χ3v) is 21.2. The summed E-state index contributed by atoms with van der Waals surface area (Å²) in [5, 5.41) is 3.43. The Morgan fingerprint density at radius 3 is 0.818 bits per heavy atom. The molecule has 242 valence electrons. The van der Waals surface area contributed by atoms with Gasteiger partial charge in [-0.2, -0.15) is 0 Å². The average molecular weight is 655 g/mol. The maximum absolute atomic E-state index is 6.38. The quantitative estimate of drug-likeness (QED) is 0.151. The predicted molar refractivity (Wildman–Crippen MR) is 188 cm³/mol. The number of benzene rings is 3. The predicted octanol–water partition coefficient (Wildman–Crippen LogP) is 6.26. The van der Waals surface area contributed by atoms with Gasteiger partial charge in [0.05, 0.1) is 0 Å². The maximum Gasteiger partial charge on any atom is 0.374 e. The van der Waals surface area contributed by atoms with Crippen LogP contribution in [0.5, 0.6) is 0 Å². The van der Waals surface area contributed by atoms with Crippen molar-refractivity contribution in [1.29, 1.82) is 0 Å². The normalized spacial score (nSPS) is 16.2. The van der Waals surface area contributed by atoms with E-state index in [1.807, 2.05) is 18.2 Å². The van der Waals surface area contributed by atoms with Gasteiger partial charge in [-0.1, -0.05) is 119 Å². The molecule has 0 aliphatic carbocycles. The van der Waals surface area contributed by atoms with Crippen LogP contribution in [-0.4, -0.2) is 68.3 Å². The standard InChI is InChI=1S/C35H54O6Si3/c1-29(42(36-5,37-6)32-20-14-11-15-21-32)26-35(4,27-30(2)43(38-7,39-8)33-22-16-12-17-23-33)28-31(3)44(40-9,41-10)34-24-18-13-19-25-34/h11-25,29-31H,26-28H2,1-10H3. The minimum atomic E-state index is -2.79. The summed E-state index contributed by atoms with van der Waals surface area (Å²) in [5.74, 6) is 0. The lowest BCUT2D eigenvalue weighted by molar-refractivity contribution is 0.171. The summed E-state index contributed by atoms with van der Waals surface area (Å²) in [4.78, 5) is 0. The molecule has 0 aliphatic heterocycles. The van der Waals surface area contributed by atoms with Crippen LogP contribution in [-0.2, 0) is 26.6 Å². The van der Waals surface area contributed by atoms with Crippen LogP contribution >= 0.6 is 0 Å². The highest BCUT2D eigenvalue weighted by Gasteiger charge is 2.53. The lowest BCUT2D eigenvalue weighted by atomic mass is 9.77. The molecule has 0 radical (unpaired) electrons. The second-order valence-electron chi connectivity index (χ2n) is 12.5. The van der Waals surface area contributed by atoms with E-state index in [0.29, 0.717) is 0 Å². The molecule has 0 N–H and O–H groups in total. The van der Waals surface area contributed by atoms with E-state index in [0.717, 1.165) is 34.8 Å². The molecule has 3 atom stereocenters. The number of rotatable bonds is 18. The van der Waals surface area contributed by atoms with Gasteiger partial charge in [-0.15, -0.1) is 0 Å². The van der Waals surface area contributed by atoms with Crippen molar-refractivity contribution in [3.05, 3.63) is 91.0 Å². The molecular weight excluding hydrogens is 601 g/mol. The second-order valence-corrected chi connectivity index (χ2v) is 23.6. The van der Waals surface area contributed by atoms with Crippen LogP contribution in [0.4, 0.5) is 0 Å². The Kier molecular flexibility index (Phi) is 13.3. The smallest absolute Gasteiger partial charge is 0.374 e. The largest absolute Gasteiger partial charge is 0.394 e. The minimum absolute atomic E-state index is 0.153. The highest BCUT2D eigenvalue weighted by Crippen LogP contribution is 2.49. The number of hydrogen-bond acceptors (Lipinski definition) is 6. The Labute approximate surface area is 269 Å². The summed E-state index contributed by atoms with van der Waals surface area (Å²) in [6, 6.07) is 31.4. The van der Waals surface area contributed by atoms with Crippen LogP contribution < -0.4 is 15.6 Å². The highest BCUT2D eigenvalue weighted by atomic mass is 28.4. The molecule has 0 bridgehead atoms. The summed E-state index contributed by atoms with van der Waals surface area (Å²) in [6.45, 7) is 9.30. The van der Waals surface area contributed by atoms with Crippen molar-refractivity contribution in [2.45, 2.75) is 63.6 Å². The van der Waals surface area contributed by atoms with Crippen LogP contribution in [0.1, 0.15) is 47.0 Å². The van der Waals surface area contributed by atoms with Crippen molar-refractivity contribution >= 4 is 41.2 Å². The van der Waals surface area contributed by atoms with Crippen LogP contribution in [0.2, 0.25) is 16.6 Å². The molecule has 0 heterocycles. The molecule has 0 fully saturated rings. The van der Waals surface area contributed by atoms with Gasteiger partial charge in [-0.3, -0.25) is 0 Å². The summed E-state index contributed by atoms with van der Waals surface area (Å²) < 4.78 is 38.3. The van der Waals surface area contributed by atoms with Crippen molar-refractivity contribution in [2.75, 3.05) is 42.7 Å². The Bertz CT molecular complexity index is 1080. The first-order valence-corrected chi connectivity index (χ1v) is 21.2. The molecule has 9 heteroatoms. The van der Waals surface area contributed by atoms with E-state index >= 15 is 0 Å². The lowest BCUT2D eigenvalue weighted by Crippen LogP contribution is -2.58. The van der Waals surface area contributed by atoms with E-state index in [-0.39, 0.29) is 22.0 Å².